The van der Waals surface area contributed by atoms with E-state index in [9.17, 15) is 10.1 Å². The van der Waals surface area contributed by atoms with Crippen molar-refractivity contribution in [1.82, 2.24) is 14.9 Å². The first kappa shape index (κ1) is 20.8. The van der Waals surface area contributed by atoms with Crippen molar-refractivity contribution >= 4 is 16.7 Å². The lowest BCUT2D eigenvalue weighted by Crippen LogP contribution is -2.43. The summed E-state index contributed by atoms with van der Waals surface area (Å²) in [5, 5.41) is 12.5. The molecule has 0 aliphatic carbocycles. The van der Waals surface area contributed by atoms with Crippen molar-refractivity contribution in [2.24, 2.45) is 5.41 Å². The van der Waals surface area contributed by atoms with E-state index in [0.717, 1.165) is 11.3 Å². The number of hydrogen-bond acceptors (Lipinski definition) is 4. The van der Waals surface area contributed by atoms with Crippen molar-refractivity contribution in [3.05, 3.63) is 96.4 Å². The van der Waals surface area contributed by atoms with Crippen LogP contribution in [0.4, 0.5) is 0 Å². The highest BCUT2D eigenvalue weighted by Crippen LogP contribution is 2.36. The van der Waals surface area contributed by atoms with Crippen molar-refractivity contribution in [2.45, 2.75) is 19.3 Å². The van der Waals surface area contributed by atoms with Gasteiger partial charge in [-0.3, -0.25) is 4.79 Å². The van der Waals surface area contributed by atoms with Gasteiger partial charge in [-0.25, -0.2) is 9.97 Å². The number of nitrogens with zero attached hydrogens (tertiary/aromatic N) is 4. The molecule has 0 spiro atoms. The van der Waals surface area contributed by atoms with Crippen LogP contribution in [0.5, 0.6) is 0 Å². The Morgan fingerprint density at radius 2 is 1.73 bits per heavy atom. The standard InChI is InChI=1S/C28H24N4O/c29-19-28(18-21-9-10-22-5-1-2-6-23(22)17-21)12-15-32(16-13-28)27(33)25-8-4-3-7-24(25)26-11-14-30-20-31-26/h1-11,14,17,20H,12-13,15-16,18H2. The summed E-state index contributed by atoms with van der Waals surface area (Å²) in [7, 11) is 0. The first-order valence-electron chi connectivity index (χ1n) is 11.2. The second kappa shape index (κ2) is 8.84. The van der Waals surface area contributed by atoms with Crippen molar-refractivity contribution in [3.63, 3.8) is 0 Å². The number of fused-ring (bicyclic) bond motifs is 1. The van der Waals surface area contributed by atoms with E-state index in [1.54, 1.807) is 6.20 Å². The van der Waals surface area contributed by atoms with E-state index < -0.39 is 5.41 Å². The maximum Gasteiger partial charge on any atom is 0.254 e. The summed E-state index contributed by atoms with van der Waals surface area (Å²) >= 11 is 0. The summed E-state index contributed by atoms with van der Waals surface area (Å²) in [6, 6.07) is 26.7. The van der Waals surface area contributed by atoms with Crippen LogP contribution in [0.1, 0.15) is 28.8 Å². The fraction of sp³-hybridized carbons (Fsp3) is 0.214. The molecule has 0 atom stereocenters. The summed E-state index contributed by atoms with van der Waals surface area (Å²) in [6.45, 7) is 1.14. The topological polar surface area (TPSA) is 69.9 Å². The Bertz CT molecular complexity index is 1330. The molecule has 1 aromatic heterocycles. The molecule has 0 unspecified atom stereocenters. The van der Waals surface area contributed by atoms with Gasteiger partial charge in [-0.2, -0.15) is 5.26 Å². The Morgan fingerprint density at radius 1 is 0.970 bits per heavy atom. The third-order valence-corrected chi connectivity index (χ3v) is 6.62. The van der Waals surface area contributed by atoms with E-state index in [0.29, 0.717) is 37.9 Å². The summed E-state index contributed by atoms with van der Waals surface area (Å²) in [6.07, 6.45) is 5.20. The van der Waals surface area contributed by atoms with E-state index in [1.807, 2.05) is 47.4 Å². The highest BCUT2D eigenvalue weighted by Gasteiger charge is 2.37. The molecule has 0 bridgehead atoms. The van der Waals surface area contributed by atoms with Crippen LogP contribution < -0.4 is 0 Å². The molecule has 1 saturated heterocycles. The first-order valence-corrected chi connectivity index (χ1v) is 11.2. The molecule has 5 nitrogen and oxygen atoms in total. The lowest BCUT2D eigenvalue weighted by atomic mass is 9.75. The fourth-order valence-corrected chi connectivity index (χ4v) is 4.72. The molecule has 5 heteroatoms. The monoisotopic (exact) mass is 432 g/mol. The maximum atomic E-state index is 13.4. The zero-order valence-electron chi connectivity index (χ0n) is 18.3. The Kier molecular flexibility index (Phi) is 5.58. The highest BCUT2D eigenvalue weighted by molar-refractivity contribution is 6.00. The van der Waals surface area contributed by atoms with Gasteiger partial charge in [0.2, 0.25) is 0 Å². The van der Waals surface area contributed by atoms with Crippen molar-refractivity contribution in [2.75, 3.05) is 13.1 Å². The molecule has 1 aliphatic rings. The Labute approximate surface area is 193 Å². The van der Waals surface area contributed by atoms with Gasteiger partial charge in [-0.15, -0.1) is 0 Å². The van der Waals surface area contributed by atoms with Crippen molar-refractivity contribution < 1.29 is 4.79 Å². The van der Waals surface area contributed by atoms with Gasteiger partial charge in [0.15, 0.2) is 0 Å². The lowest BCUT2D eigenvalue weighted by Gasteiger charge is -2.37. The minimum atomic E-state index is -0.453. The fourth-order valence-electron chi connectivity index (χ4n) is 4.72. The van der Waals surface area contributed by atoms with Gasteiger partial charge in [0.1, 0.15) is 6.33 Å². The van der Waals surface area contributed by atoms with Crippen LogP contribution in [-0.4, -0.2) is 33.9 Å². The van der Waals surface area contributed by atoms with Crippen LogP contribution in [0, 0.1) is 16.7 Å². The quantitative estimate of drug-likeness (QED) is 0.440. The van der Waals surface area contributed by atoms with E-state index in [-0.39, 0.29) is 5.91 Å². The Hall–Kier alpha value is -4.04. The smallest absolute Gasteiger partial charge is 0.254 e. The van der Waals surface area contributed by atoms with Gasteiger partial charge < -0.3 is 4.90 Å². The maximum absolute atomic E-state index is 13.4. The second-order valence-corrected chi connectivity index (χ2v) is 8.68. The molecule has 1 aliphatic heterocycles. The predicted molar refractivity (Wildman–Crippen MR) is 128 cm³/mol. The molecule has 0 saturated carbocycles. The number of carbonyl (C=O) groups excluding carboxylic acids is 1. The number of aromatic nitrogens is 2. The molecule has 5 rings (SSSR count). The normalized spacial score (nSPS) is 15.2. The van der Waals surface area contributed by atoms with Crippen LogP contribution >= 0.6 is 0 Å². The zero-order chi connectivity index (χ0) is 22.7. The average molecular weight is 433 g/mol. The third kappa shape index (κ3) is 4.20. The van der Waals surface area contributed by atoms with E-state index >= 15 is 0 Å². The molecule has 1 fully saturated rings. The number of likely N-dealkylation sites (tertiary alicyclic amines) is 1. The molecule has 3 aromatic carbocycles. The largest absolute Gasteiger partial charge is 0.339 e. The van der Waals surface area contributed by atoms with Gasteiger partial charge in [0.05, 0.1) is 17.2 Å². The molecular weight excluding hydrogens is 408 g/mol. The van der Waals surface area contributed by atoms with Gasteiger partial charge in [0, 0.05) is 30.4 Å². The summed E-state index contributed by atoms with van der Waals surface area (Å²) in [4.78, 5) is 23.6. The van der Waals surface area contributed by atoms with Gasteiger partial charge in [0.25, 0.3) is 5.91 Å². The van der Waals surface area contributed by atoms with Gasteiger partial charge in [-0.1, -0.05) is 60.7 Å². The lowest BCUT2D eigenvalue weighted by molar-refractivity contribution is 0.0648. The van der Waals surface area contributed by atoms with E-state index in [1.165, 1.54) is 22.7 Å². The molecule has 4 aromatic rings. The molecular formula is C28H24N4O. The average Bonchev–Trinajstić information content (AvgIpc) is 2.89. The molecule has 162 valence electrons. The SMILES string of the molecule is N#CC1(Cc2ccc3ccccc3c2)CCN(C(=O)c2ccccc2-c2ccncn2)CC1. The number of piperidine rings is 1. The number of rotatable bonds is 4. The number of benzene rings is 3. The predicted octanol–water partition coefficient (Wildman–Crippen LogP) is 5.29. The van der Waals surface area contributed by atoms with Gasteiger partial charge in [-0.05, 0) is 47.7 Å². The first-order chi connectivity index (χ1) is 16.2. The number of hydrogen-bond donors (Lipinski definition) is 0. The Morgan fingerprint density at radius 3 is 2.48 bits per heavy atom. The minimum Gasteiger partial charge on any atom is -0.339 e. The number of amides is 1. The zero-order valence-corrected chi connectivity index (χ0v) is 18.3. The summed E-state index contributed by atoms with van der Waals surface area (Å²) in [5.74, 6) is -0.0125. The van der Waals surface area contributed by atoms with Crippen LogP contribution in [0.2, 0.25) is 0 Å². The van der Waals surface area contributed by atoms with Gasteiger partial charge >= 0.3 is 0 Å². The minimum absolute atomic E-state index is 0.0125. The number of carbonyl (C=O) groups is 1. The van der Waals surface area contributed by atoms with Crippen LogP contribution in [0.3, 0.4) is 0 Å². The summed E-state index contributed by atoms with van der Waals surface area (Å²) < 4.78 is 0. The molecule has 0 radical (unpaired) electrons. The molecule has 1 amide bonds. The van der Waals surface area contributed by atoms with Crippen molar-refractivity contribution in [3.8, 4) is 17.3 Å². The molecule has 33 heavy (non-hydrogen) atoms. The Balaban J connectivity index is 1.33. The van der Waals surface area contributed by atoms with E-state index in [4.69, 9.17) is 0 Å². The third-order valence-electron chi connectivity index (χ3n) is 6.62. The van der Waals surface area contributed by atoms with E-state index in [2.05, 4.69) is 46.4 Å². The van der Waals surface area contributed by atoms with Crippen molar-refractivity contribution in [1.29, 1.82) is 5.26 Å². The van der Waals surface area contributed by atoms with Crippen LogP contribution in [0.25, 0.3) is 22.0 Å². The second-order valence-electron chi connectivity index (χ2n) is 8.68. The molecule has 2 heterocycles. The number of nitriles is 1. The van der Waals surface area contributed by atoms with Crippen LogP contribution in [0.15, 0.2) is 85.3 Å². The molecule has 0 N–H and O–H groups in total. The highest BCUT2D eigenvalue weighted by atomic mass is 16.2. The summed E-state index contributed by atoms with van der Waals surface area (Å²) in [5.41, 5.74) is 2.89. The van der Waals surface area contributed by atoms with Crippen LogP contribution in [-0.2, 0) is 6.42 Å².